The molecule has 17 heavy (non-hydrogen) atoms. The van der Waals surface area contributed by atoms with Crippen molar-refractivity contribution >= 4 is 13.6 Å². The van der Waals surface area contributed by atoms with Crippen molar-refractivity contribution in [2.75, 3.05) is 0 Å². The van der Waals surface area contributed by atoms with Crippen molar-refractivity contribution in [1.82, 2.24) is 0 Å². The zero-order valence-electron chi connectivity index (χ0n) is 8.65. The highest BCUT2D eigenvalue weighted by atomic mass is 31.2. The van der Waals surface area contributed by atoms with Crippen LogP contribution < -0.4 is 5.73 Å². The molecule has 0 aliphatic carbocycles. The monoisotopic (exact) mass is 261 g/mol. The van der Waals surface area contributed by atoms with Crippen LogP contribution >= 0.6 is 7.60 Å². The van der Waals surface area contributed by atoms with Crippen LogP contribution in [0.4, 0.5) is 0 Å². The van der Waals surface area contributed by atoms with Crippen LogP contribution in [0.15, 0.2) is 24.3 Å². The van der Waals surface area contributed by atoms with Crippen molar-refractivity contribution in [1.29, 1.82) is 0 Å². The second kappa shape index (κ2) is 4.46. The largest absolute Gasteiger partial charge is 0.508 e. The van der Waals surface area contributed by atoms with Crippen LogP contribution in [0, 0.1) is 0 Å². The maximum Gasteiger partial charge on any atom is 0.357 e. The van der Waals surface area contributed by atoms with Crippen LogP contribution in [0.25, 0.3) is 0 Å². The van der Waals surface area contributed by atoms with Gasteiger partial charge in [-0.25, -0.2) is 4.79 Å². The molecule has 0 bridgehead atoms. The van der Waals surface area contributed by atoms with E-state index in [0.29, 0.717) is 5.56 Å². The quantitative estimate of drug-likeness (QED) is 0.474. The molecule has 0 spiro atoms. The molecule has 1 aromatic carbocycles. The Bertz CT molecular complexity index is 467. The van der Waals surface area contributed by atoms with Gasteiger partial charge in [-0.3, -0.25) is 4.57 Å². The number of carboxylic acid groups (broad SMARTS) is 1. The van der Waals surface area contributed by atoms with Gasteiger partial charge in [-0.15, -0.1) is 0 Å². The Morgan fingerprint density at radius 2 is 1.76 bits per heavy atom. The van der Waals surface area contributed by atoms with Crippen molar-refractivity contribution in [2.24, 2.45) is 5.73 Å². The zero-order valence-corrected chi connectivity index (χ0v) is 9.54. The molecule has 94 valence electrons. The third kappa shape index (κ3) is 2.83. The van der Waals surface area contributed by atoms with Crippen molar-refractivity contribution < 1.29 is 29.4 Å². The van der Waals surface area contributed by atoms with Crippen molar-refractivity contribution in [3.63, 3.8) is 0 Å². The Kier molecular flexibility index (Phi) is 3.59. The number of carboxylic acids is 1. The van der Waals surface area contributed by atoms with Gasteiger partial charge in [-0.1, -0.05) is 12.1 Å². The van der Waals surface area contributed by atoms with E-state index in [1.54, 1.807) is 0 Å². The molecule has 6 N–H and O–H groups in total. The van der Waals surface area contributed by atoms with Crippen LogP contribution in [-0.4, -0.2) is 31.2 Å². The molecule has 0 fully saturated rings. The van der Waals surface area contributed by atoms with Gasteiger partial charge < -0.3 is 25.7 Å². The second-order valence-corrected chi connectivity index (χ2v) is 5.50. The molecule has 0 aromatic heterocycles. The van der Waals surface area contributed by atoms with Crippen LogP contribution in [0.2, 0.25) is 0 Å². The molecule has 1 aromatic rings. The lowest BCUT2D eigenvalue weighted by Crippen LogP contribution is -2.49. The molecule has 0 saturated carbocycles. The van der Waals surface area contributed by atoms with Crippen LogP contribution in [0.1, 0.15) is 5.56 Å². The van der Waals surface area contributed by atoms with Gasteiger partial charge in [-0.05, 0) is 17.7 Å². The molecular formula is C9H12NO6P. The van der Waals surface area contributed by atoms with E-state index in [1.165, 1.54) is 24.3 Å². The highest BCUT2D eigenvalue weighted by Crippen LogP contribution is 2.48. The molecule has 0 radical (unpaired) electrons. The summed E-state index contributed by atoms with van der Waals surface area (Å²) in [5.41, 5.74) is 5.56. The molecule has 7 nitrogen and oxygen atoms in total. The summed E-state index contributed by atoms with van der Waals surface area (Å²) in [6.07, 6.45) is -0.535. The minimum Gasteiger partial charge on any atom is -0.508 e. The number of phenols is 1. The first kappa shape index (κ1) is 13.7. The van der Waals surface area contributed by atoms with Gasteiger partial charge in [0.1, 0.15) is 5.75 Å². The average molecular weight is 261 g/mol. The first-order valence-corrected chi connectivity index (χ1v) is 6.14. The van der Waals surface area contributed by atoms with Gasteiger partial charge in [0.2, 0.25) is 5.28 Å². The van der Waals surface area contributed by atoms with E-state index in [1.807, 2.05) is 0 Å². The molecule has 0 aliphatic heterocycles. The average Bonchev–Trinajstić information content (AvgIpc) is 2.19. The van der Waals surface area contributed by atoms with Gasteiger partial charge in [-0.2, -0.15) is 0 Å². The maximum absolute atomic E-state index is 11.1. The first-order valence-electron chi connectivity index (χ1n) is 4.52. The van der Waals surface area contributed by atoms with Gasteiger partial charge in [0.05, 0.1) is 0 Å². The van der Waals surface area contributed by atoms with E-state index in [4.69, 9.17) is 25.7 Å². The Labute approximate surface area is 96.7 Å². The standard InChI is InChI=1S/C9H12NO6P/c10-9(8(12)13,17(14,15)16)5-6-1-3-7(11)4-2-6/h1-4,11H,5,10H2,(H,12,13)(H2,14,15,16)/t9-/m1/s1. The summed E-state index contributed by atoms with van der Waals surface area (Å²) < 4.78 is 11.1. The van der Waals surface area contributed by atoms with Gasteiger partial charge in [0.25, 0.3) is 0 Å². The highest BCUT2D eigenvalue weighted by Gasteiger charge is 2.50. The van der Waals surface area contributed by atoms with Crippen molar-refractivity contribution in [3.05, 3.63) is 29.8 Å². The normalized spacial score (nSPS) is 15.2. The maximum atomic E-state index is 11.1. The van der Waals surface area contributed by atoms with Crippen molar-refractivity contribution in [2.45, 2.75) is 11.7 Å². The highest BCUT2D eigenvalue weighted by molar-refractivity contribution is 7.54. The van der Waals surface area contributed by atoms with E-state index < -0.39 is 25.3 Å². The molecular weight excluding hydrogens is 249 g/mol. The van der Waals surface area contributed by atoms with E-state index in [-0.39, 0.29) is 5.75 Å². The molecule has 1 atom stereocenters. The number of rotatable bonds is 4. The number of phenolic OH excluding ortho intramolecular Hbond substituents is 1. The van der Waals surface area contributed by atoms with E-state index in [2.05, 4.69) is 0 Å². The summed E-state index contributed by atoms with van der Waals surface area (Å²) in [5.74, 6) is -1.82. The Morgan fingerprint density at radius 3 is 2.12 bits per heavy atom. The third-order valence-corrected chi connectivity index (χ3v) is 3.69. The molecule has 8 heteroatoms. The molecule has 0 saturated heterocycles. The van der Waals surface area contributed by atoms with Gasteiger partial charge in [0, 0.05) is 6.42 Å². The van der Waals surface area contributed by atoms with Gasteiger partial charge >= 0.3 is 13.6 Å². The summed E-state index contributed by atoms with van der Waals surface area (Å²) in [5, 5.41) is 15.2. The Hall–Kier alpha value is -1.40. The summed E-state index contributed by atoms with van der Waals surface area (Å²) >= 11 is 0. The smallest absolute Gasteiger partial charge is 0.357 e. The zero-order chi connectivity index (χ0) is 13.3. The second-order valence-electron chi connectivity index (χ2n) is 3.62. The van der Waals surface area contributed by atoms with E-state index >= 15 is 0 Å². The van der Waals surface area contributed by atoms with E-state index in [9.17, 15) is 9.36 Å². The lowest BCUT2D eigenvalue weighted by Gasteiger charge is -2.25. The van der Waals surface area contributed by atoms with E-state index in [0.717, 1.165) is 0 Å². The number of carbonyl (C=O) groups is 1. The molecule has 0 amide bonds. The number of nitrogens with two attached hydrogens (primary N) is 1. The predicted octanol–water partition coefficient (Wildman–Crippen LogP) is -0.148. The minimum atomic E-state index is -5.01. The Morgan fingerprint density at radius 1 is 1.29 bits per heavy atom. The summed E-state index contributed by atoms with van der Waals surface area (Å²) in [6, 6.07) is 5.24. The number of benzene rings is 1. The number of hydrogen-bond donors (Lipinski definition) is 5. The van der Waals surface area contributed by atoms with Crippen LogP contribution in [-0.2, 0) is 15.8 Å². The number of hydrogen-bond acceptors (Lipinski definition) is 4. The summed E-state index contributed by atoms with van der Waals surface area (Å²) in [4.78, 5) is 28.8. The summed E-state index contributed by atoms with van der Waals surface area (Å²) in [7, 11) is -5.01. The fourth-order valence-corrected chi connectivity index (χ4v) is 1.87. The fourth-order valence-electron chi connectivity index (χ4n) is 1.23. The number of aliphatic carboxylic acids is 1. The molecule has 0 heterocycles. The molecule has 1 rings (SSSR count). The fraction of sp³-hybridized carbons (Fsp3) is 0.222. The molecule has 0 aliphatic rings. The third-order valence-electron chi connectivity index (χ3n) is 2.30. The van der Waals surface area contributed by atoms with Crippen molar-refractivity contribution in [3.8, 4) is 5.75 Å². The first-order chi connectivity index (χ1) is 7.67. The minimum absolute atomic E-state index is 0.0390. The predicted molar refractivity (Wildman–Crippen MR) is 58.4 cm³/mol. The SMILES string of the molecule is N[C@@](Cc1ccc(O)cc1)(C(=O)O)P(=O)(O)O. The van der Waals surface area contributed by atoms with Gasteiger partial charge in [0.15, 0.2) is 0 Å². The lowest BCUT2D eigenvalue weighted by atomic mass is 10.1. The topological polar surface area (TPSA) is 141 Å². The summed E-state index contributed by atoms with van der Waals surface area (Å²) in [6.45, 7) is 0. The van der Waals surface area contributed by atoms with Crippen LogP contribution in [0.5, 0.6) is 5.75 Å². The molecule has 0 unspecified atom stereocenters. The Balaban J connectivity index is 3.08. The van der Waals surface area contributed by atoms with Crippen LogP contribution in [0.3, 0.4) is 0 Å². The number of aromatic hydroxyl groups is 1. The lowest BCUT2D eigenvalue weighted by molar-refractivity contribution is -0.140.